The summed E-state index contributed by atoms with van der Waals surface area (Å²) in [6.45, 7) is 0.243. The second kappa shape index (κ2) is 7.24. The quantitative estimate of drug-likeness (QED) is 0.653. The first-order valence-electron chi connectivity index (χ1n) is 5.10. The molecule has 3 N–H and O–H groups in total. The van der Waals surface area contributed by atoms with Crippen molar-refractivity contribution in [1.29, 1.82) is 0 Å². The first kappa shape index (κ1) is 13.0. The Balaban J connectivity index is 2.14. The van der Waals surface area contributed by atoms with E-state index in [1.807, 2.05) is 30.3 Å². The standard InChI is InChI=1S/C11H15N3O3/c1-12-11(16)14-13-10(15)8-17-7-9-5-3-2-4-6-9/h2-6H,7-8H2,1H3,(H,13,15)(H2,12,14,16). The fourth-order valence-corrected chi connectivity index (χ4v) is 1.06. The maximum absolute atomic E-state index is 11.2. The zero-order chi connectivity index (χ0) is 12.5. The molecule has 6 nitrogen and oxygen atoms in total. The molecule has 0 atom stereocenters. The van der Waals surface area contributed by atoms with Gasteiger partial charge in [-0.05, 0) is 5.56 Å². The molecule has 17 heavy (non-hydrogen) atoms. The molecule has 0 bridgehead atoms. The van der Waals surface area contributed by atoms with E-state index in [1.54, 1.807) is 0 Å². The van der Waals surface area contributed by atoms with Gasteiger partial charge in [-0.1, -0.05) is 30.3 Å². The van der Waals surface area contributed by atoms with E-state index < -0.39 is 11.9 Å². The van der Waals surface area contributed by atoms with Crippen LogP contribution in [0, 0.1) is 0 Å². The van der Waals surface area contributed by atoms with Crippen LogP contribution < -0.4 is 16.2 Å². The maximum Gasteiger partial charge on any atom is 0.333 e. The Morgan fingerprint density at radius 3 is 2.53 bits per heavy atom. The van der Waals surface area contributed by atoms with Crippen molar-refractivity contribution in [3.05, 3.63) is 35.9 Å². The molecule has 1 aromatic carbocycles. The SMILES string of the molecule is CNC(=O)NNC(=O)COCc1ccccc1. The van der Waals surface area contributed by atoms with Crippen LogP contribution in [0.4, 0.5) is 4.79 Å². The molecular formula is C11H15N3O3. The highest BCUT2D eigenvalue weighted by Gasteiger charge is 2.02. The van der Waals surface area contributed by atoms with E-state index in [4.69, 9.17) is 4.74 Å². The predicted molar refractivity (Wildman–Crippen MR) is 61.8 cm³/mol. The third-order valence-corrected chi connectivity index (χ3v) is 1.89. The van der Waals surface area contributed by atoms with Crippen LogP contribution in [0.15, 0.2) is 30.3 Å². The summed E-state index contributed by atoms with van der Waals surface area (Å²) in [4.78, 5) is 21.9. The molecule has 1 rings (SSSR count). The number of amides is 3. The van der Waals surface area contributed by atoms with Gasteiger partial charge in [0.05, 0.1) is 6.61 Å². The summed E-state index contributed by atoms with van der Waals surface area (Å²) >= 11 is 0. The van der Waals surface area contributed by atoms with E-state index in [2.05, 4.69) is 16.2 Å². The molecule has 1 aromatic rings. The number of nitrogens with one attached hydrogen (secondary N) is 3. The van der Waals surface area contributed by atoms with Gasteiger partial charge in [-0.15, -0.1) is 0 Å². The minimum atomic E-state index is -0.485. The van der Waals surface area contributed by atoms with Crippen LogP contribution >= 0.6 is 0 Å². The van der Waals surface area contributed by atoms with Crippen molar-refractivity contribution in [3.8, 4) is 0 Å². The number of rotatable bonds is 4. The van der Waals surface area contributed by atoms with Crippen molar-refractivity contribution in [2.24, 2.45) is 0 Å². The minimum Gasteiger partial charge on any atom is -0.367 e. The van der Waals surface area contributed by atoms with Gasteiger partial charge in [-0.2, -0.15) is 0 Å². The maximum atomic E-state index is 11.2. The Kier molecular flexibility index (Phi) is 5.53. The molecule has 0 aliphatic rings. The van der Waals surface area contributed by atoms with Gasteiger partial charge in [0.1, 0.15) is 6.61 Å². The lowest BCUT2D eigenvalue weighted by Crippen LogP contribution is -2.47. The fourth-order valence-electron chi connectivity index (χ4n) is 1.06. The lowest BCUT2D eigenvalue weighted by atomic mass is 10.2. The molecule has 0 radical (unpaired) electrons. The van der Waals surface area contributed by atoms with E-state index in [9.17, 15) is 9.59 Å². The van der Waals surface area contributed by atoms with E-state index in [1.165, 1.54) is 7.05 Å². The third-order valence-electron chi connectivity index (χ3n) is 1.89. The first-order valence-corrected chi connectivity index (χ1v) is 5.10. The average molecular weight is 237 g/mol. The van der Waals surface area contributed by atoms with Crippen molar-refractivity contribution in [1.82, 2.24) is 16.2 Å². The molecule has 0 saturated carbocycles. The first-order chi connectivity index (χ1) is 8.22. The molecule has 0 heterocycles. The van der Waals surface area contributed by atoms with Gasteiger partial charge >= 0.3 is 6.03 Å². The number of carbonyl (C=O) groups is 2. The van der Waals surface area contributed by atoms with Crippen LogP contribution in [-0.4, -0.2) is 25.6 Å². The second-order valence-electron chi connectivity index (χ2n) is 3.23. The summed E-state index contributed by atoms with van der Waals surface area (Å²) in [5.74, 6) is -0.412. The number of hydrogen-bond acceptors (Lipinski definition) is 3. The number of benzene rings is 1. The molecular weight excluding hydrogens is 222 g/mol. The molecule has 0 aromatic heterocycles. The lowest BCUT2D eigenvalue weighted by Gasteiger charge is -2.07. The monoisotopic (exact) mass is 237 g/mol. The van der Waals surface area contributed by atoms with Crippen LogP contribution in [0.5, 0.6) is 0 Å². The zero-order valence-corrected chi connectivity index (χ0v) is 9.53. The van der Waals surface area contributed by atoms with Gasteiger partial charge in [0.2, 0.25) is 0 Å². The van der Waals surface area contributed by atoms with E-state index in [-0.39, 0.29) is 6.61 Å². The number of hydrazine groups is 1. The topological polar surface area (TPSA) is 79.5 Å². The van der Waals surface area contributed by atoms with Gasteiger partial charge in [0, 0.05) is 7.05 Å². The highest BCUT2D eigenvalue weighted by Crippen LogP contribution is 1.99. The molecule has 0 aliphatic heterocycles. The van der Waals surface area contributed by atoms with E-state index in [0.29, 0.717) is 6.61 Å². The summed E-state index contributed by atoms with van der Waals surface area (Å²) in [5, 5.41) is 2.30. The highest BCUT2D eigenvalue weighted by atomic mass is 16.5. The number of hydrogen-bond donors (Lipinski definition) is 3. The van der Waals surface area contributed by atoms with E-state index >= 15 is 0 Å². The number of carbonyl (C=O) groups excluding carboxylic acids is 2. The van der Waals surface area contributed by atoms with Crippen LogP contribution in [0.25, 0.3) is 0 Å². The Hall–Kier alpha value is -2.08. The highest BCUT2D eigenvalue weighted by molar-refractivity contribution is 5.81. The van der Waals surface area contributed by atoms with Crippen molar-refractivity contribution < 1.29 is 14.3 Å². The average Bonchev–Trinajstić information content (AvgIpc) is 2.37. The summed E-state index contributed by atoms with van der Waals surface area (Å²) in [5.41, 5.74) is 5.33. The smallest absolute Gasteiger partial charge is 0.333 e. The Bertz CT molecular complexity index is 367. The third kappa shape index (κ3) is 5.53. The fraction of sp³-hybridized carbons (Fsp3) is 0.273. The van der Waals surface area contributed by atoms with Crippen LogP contribution in [0.3, 0.4) is 0 Å². The van der Waals surface area contributed by atoms with Crippen molar-refractivity contribution in [2.75, 3.05) is 13.7 Å². The summed E-state index contributed by atoms with van der Waals surface area (Å²) < 4.78 is 5.16. The molecule has 0 unspecified atom stereocenters. The lowest BCUT2D eigenvalue weighted by molar-refractivity contribution is -0.126. The molecule has 3 amide bonds. The van der Waals surface area contributed by atoms with Gasteiger partial charge in [0.25, 0.3) is 5.91 Å². The second-order valence-corrected chi connectivity index (χ2v) is 3.23. The largest absolute Gasteiger partial charge is 0.367 e. The van der Waals surface area contributed by atoms with Crippen LogP contribution in [-0.2, 0) is 16.1 Å². The van der Waals surface area contributed by atoms with Crippen molar-refractivity contribution in [2.45, 2.75) is 6.61 Å². The van der Waals surface area contributed by atoms with E-state index in [0.717, 1.165) is 5.56 Å². The molecule has 0 saturated heterocycles. The summed E-state index contributed by atoms with van der Waals surface area (Å²) in [6, 6.07) is 9.02. The van der Waals surface area contributed by atoms with Gasteiger partial charge < -0.3 is 10.1 Å². The minimum absolute atomic E-state index is 0.112. The molecule has 0 aliphatic carbocycles. The molecule has 92 valence electrons. The number of urea groups is 1. The van der Waals surface area contributed by atoms with Gasteiger partial charge in [-0.25, -0.2) is 10.2 Å². The molecule has 6 heteroatoms. The summed E-state index contributed by atoms with van der Waals surface area (Å²) in [7, 11) is 1.45. The van der Waals surface area contributed by atoms with Gasteiger partial charge in [0.15, 0.2) is 0 Å². The van der Waals surface area contributed by atoms with Crippen LogP contribution in [0.2, 0.25) is 0 Å². The van der Waals surface area contributed by atoms with Crippen molar-refractivity contribution >= 4 is 11.9 Å². The Labute approximate surface area is 99.3 Å². The Morgan fingerprint density at radius 2 is 1.88 bits per heavy atom. The number of ether oxygens (including phenoxy) is 1. The summed E-state index contributed by atoms with van der Waals surface area (Å²) in [6.07, 6.45) is 0. The zero-order valence-electron chi connectivity index (χ0n) is 9.53. The molecule has 0 fully saturated rings. The normalized spacial score (nSPS) is 9.47. The van der Waals surface area contributed by atoms with Crippen molar-refractivity contribution in [3.63, 3.8) is 0 Å². The Morgan fingerprint density at radius 1 is 1.18 bits per heavy atom. The van der Waals surface area contributed by atoms with Gasteiger partial charge in [-0.3, -0.25) is 10.2 Å². The van der Waals surface area contributed by atoms with Crippen LogP contribution in [0.1, 0.15) is 5.56 Å². The predicted octanol–water partition coefficient (Wildman–Crippen LogP) is 0.163. The molecule has 0 spiro atoms.